The van der Waals surface area contributed by atoms with Crippen LogP contribution in [0, 0.1) is 0 Å². The van der Waals surface area contributed by atoms with Crippen molar-refractivity contribution < 1.29 is 9.53 Å². The maximum absolute atomic E-state index is 12.4. The molecule has 0 atom stereocenters. The summed E-state index contributed by atoms with van der Waals surface area (Å²) < 4.78 is 5.19. The van der Waals surface area contributed by atoms with Gasteiger partial charge in [-0.25, -0.2) is 15.0 Å². The number of aromatic nitrogens is 3. The Bertz CT molecular complexity index is 688. The third-order valence-corrected chi connectivity index (χ3v) is 3.82. The largest absolute Gasteiger partial charge is 0.481 e. The van der Waals surface area contributed by atoms with Crippen molar-refractivity contribution in [2.45, 2.75) is 32.2 Å². The van der Waals surface area contributed by atoms with E-state index in [9.17, 15) is 4.79 Å². The first-order valence-corrected chi connectivity index (χ1v) is 7.38. The molecule has 1 aliphatic rings. The van der Waals surface area contributed by atoms with Gasteiger partial charge in [0.15, 0.2) is 0 Å². The lowest BCUT2D eigenvalue weighted by atomic mass is 9.94. The van der Waals surface area contributed by atoms with Crippen molar-refractivity contribution in [2.24, 2.45) is 0 Å². The zero-order valence-corrected chi connectivity index (χ0v) is 12.5. The molecular formula is C16H18N4O2. The number of carbonyl (C=O) groups is 1. The van der Waals surface area contributed by atoms with Gasteiger partial charge in [0.1, 0.15) is 12.0 Å². The Morgan fingerprint density at radius 2 is 2.14 bits per heavy atom. The Hall–Kier alpha value is -2.50. The minimum Gasteiger partial charge on any atom is -0.481 e. The summed E-state index contributed by atoms with van der Waals surface area (Å²) in [6.07, 6.45) is 7.13. The van der Waals surface area contributed by atoms with Crippen LogP contribution in [-0.2, 0) is 19.4 Å². The van der Waals surface area contributed by atoms with E-state index >= 15 is 0 Å². The van der Waals surface area contributed by atoms with Crippen LogP contribution in [0.3, 0.4) is 0 Å². The number of fused-ring (bicyclic) bond motifs is 1. The molecule has 1 aliphatic carbocycles. The van der Waals surface area contributed by atoms with E-state index < -0.39 is 0 Å². The highest BCUT2D eigenvalue weighted by Crippen LogP contribution is 2.21. The molecule has 0 saturated carbocycles. The second-order valence-corrected chi connectivity index (χ2v) is 5.21. The Labute approximate surface area is 129 Å². The lowest BCUT2D eigenvalue weighted by molar-refractivity contribution is 0.0944. The SMILES string of the molecule is COc1ncccc1CNC(=O)c1ncnc2c1CCCC2. The molecule has 0 spiro atoms. The maximum Gasteiger partial charge on any atom is 0.270 e. The molecule has 2 heterocycles. The summed E-state index contributed by atoms with van der Waals surface area (Å²) in [6, 6.07) is 3.69. The van der Waals surface area contributed by atoms with Gasteiger partial charge in [0, 0.05) is 29.6 Å². The van der Waals surface area contributed by atoms with Gasteiger partial charge in [0.25, 0.3) is 5.91 Å². The summed E-state index contributed by atoms with van der Waals surface area (Å²) in [5, 5.41) is 2.89. The van der Waals surface area contributed by atoms with Crippen molar-refractivity contribution >= 4 is 5.91 Å². The van der Waals surface area contributed by atoms with E-state index in [2.05, 4.69) is 20.3 Å². The molecule has 0 bridgehead atoms. The minimum atomic E-state index is -0.175. The summed E-state index contributed by atoms with van der Waals surface area (Å²) in [7, 11) is 1.56. The first kappa shape index (κ1) is 14.4. The monoisotopic (exact) mass is 298 g/mol. The molecule has 22 heavy (non-hydrogen) atoms. The van der Waals surface area contributed by atoms with Gasteiger partial charge in [-0.1, -0.05) is 6.07 Å². The molecule has 2 aromatic heterocycles. The Kier molecular flexibility index (Phi) is 4.27. The van der Waals surface area contributed by atoms with E-state index in [4.69, 9.17) is 4.74 Å². The standard InChI is InChI=1S/C16H18N4O2/c1-22-16-11(5-4-8-17-16)9-18-15(21)14-12-6-2-3-7-13(12)19-10-20-14/h4-5,8,10H,2-3,6-7,9H2,1H3,(H,18,21). The number of pyridine rings is 1. The van der Waals surface area contributed by atoms with Gasteiger partial charge >= 0.3 is 0 Å². The van der Waals surface area contributed by atoms with Crippen LogP contribution in [0.5, 0.6) is 5.88 Å². The molecule has 1 N–H and O–H groups in total. The average Bonchev–Trinajstić information content (AvgIpc) is 2.59. The highest BCUT2D eigenvalue weighted by Gasteiger charge is 2.20. The number of hydrogen-bond donors (Lipinski definition) is 1. The second kappa shape index (κ2) is 6.51. The van der Waals surface area contributed by atoms with Crippen LogP contribution in [0.2, 0.25) is 0 Å². The molecule has 2 aromatic rings. The number of amides is 1. The first-order valence-electron chi connectivity index (χ1n) is 7.38. The minimum absolute atomic E-state index is 0.175. The number of aryl methyl sites for hydroxylation is 1. The number of ether oxygens (including phenoxy) is 1. The van der Waals surface area contributed by atoms with Crippen LogP contribution < -0.4 is 10.1 Å². The number of methoxy groups -OCH3 is 1. The van der Waals surface area contributed by atoms with Crippen LogP contribution in [0.15, 0.2) is 24.7 Å². The zero-order chi connectivity index (χ0) is 15.4. The van der Waals surface area contributed by atoms with E-state index in [0.717, 1.165) is 42.5 Å². The lowest BCUT2D eigenvalue weighted by Gasteiger charge is -2.17. The summed E-state index contributed by atoms with van der Waals surface area (Å²) >= 11 is 0. The number of nitrogens with one attached hydrogen (secondary N) is 1. The van der Waals surface area contributed by atoms with Crippen molar-refractivity contribution in [3.8, 4) is 5.88 Å². The van der Waals surface area contributed by atoms with Crippen LogP contribution in [-0.4, -0.2) is 28.0 Å². The van der Waals surface area contributed by atoms with Crippen molar-refractivity contribution in [2.75, 3.05) is 7.11 Å². The van der Waals surface area contributed by atoms with Gasteiger partial charge in [-0.2, -0.15) is 0 Å². The smallest absolute Gasteiger partial charge is 0.270 e. The molecule has 114 valence electrons. The normalized spacial score (nSPS) is 13.3. The third kappa shape index (κ3) is 2.90. The van der Waals surface area contributed by atoms with Crippen LogP contribution in [0.25, 0.3) is 0 Å². The number of rotatable bonds is 4. The van der Waals surface area contributed by atoms with Gasteiger partial charge in [-0.05, 0) is 31.7 Å². The molecule has 6 nitrogen and oxygen atoms in total. The van der Waals surface area contributed by atoms with E-state index in [1.165, 1.54) is 6.33 Å². The Morgan fingerprint density at radius 1 is 1.27 bits per heavy atom. The summed E-state index contributed by atoms with van der Waals surface area (Å²) in [4.78, 5) is 25.0. The molecule has 0 unspecified atom stereocenters. The summed E-state index contributed by atoms with van der Waals surface area (Å²) in [6.45, 7) is 0.356. The lowest BCUT2D eigenvalue weighted by Crippen LogP contribution is -2.27. The zero-order valence-electron chi connectivity index (χ0n) is 12.5. The van der Waals surface area contributed by atoms with Gasteiger partial charge in [0.05, 0.1) is 7.11 Å². The molecule has 0 aromatic carbocycles. The van der Waals surface area contributed by atoms with Gasteiger partial charge < -0.3 is 10.1 Å². The molecule has 6 heteroatoms. The average molecular weight is 298 g/mol. The summed E-state index contributed by atoms with van der Waals surface area (Å²) in [5.41, 5.74) is 3.32. The molecule has 3 rings (SSSR count). The Balaban J connectivity index is 1.75. The predicted octanol–water partition coefficient (Wildman–Crippen LogP) is 1.69. The molecular weight excluding hydrogens is 280 g/mol. The predicted molar refractivity (Wildman–Crippen MR) is 80.6 cm³/mol. The van der Waals surface area contributed by atoms with Gasteiger partial charge in [-0.3, -0.25) is 4.79 Å². The molecule has 0 radical (unpaired) electrons. The van der Waals surface area contributed by atoms with Crippen LogP contribution in [0.1, 0.15) is 40.2 Å². The van der Waals surface area contributed by atoms with Gasteiger partial charge in [0.2, 0.25) is 5.88 Å². The van der Waals surface area contributed by atoms with E-state index in [1.54, 1.807) is 13.3 Å². The Morgan fingerprint density at radius 3 is 3.00 bits per heavy atom. The molecule has 0 saturated heterocycles. The van der Waals surface area contributed by atoms with Crippen molar-refractivity contribution in [3.05, 3.63) is 47.2 Å². The fraction of sp³-hybridized carbons (Fsp3) is 0.375. The molecule has 1 amide bonds. The highest BCUT2D eigenvalue weighted by molar-refractivity contribution is 5.93. The topological polar surface area (TPSA) is 77.0 Å². The van der Waals surface area contributed by atoms with E-state index in [-0.39, 0.29) is 5.91 Å². The number of hydrogen-bond acceptors (Lipinski definition) is 5. The van der Waals surface area contributed by atoms with Crippen LogP contribution in [0.4, 0.5) is 0 Å². The maximum atomic E-state index is 12.4. The quantitative estimate of drug-likeness (QED) is 0.929. The fourth-order valence-corrected chi connectivity index (χ4v) is 2.72. The third-order valence-electron chi connectivity index (χ3n) is 3.82. The summed E-state index contributed by atoms with van der Waals surface area (Å²) in [5.74, 6) is 0.346. The van der Waals surface area contributed by atoms with Crippen molar-refractivity contribution in [1.82, 2.24) is 20.3 Å². The fourth-order valence-electron chi connectivity index (χ4n) is 2.72. The molecule has 0 fully saturated rings. The van der Waals surface area contributed by atoms with E-state index in [0.29, 0.717) is 18.1 Å². The van der Waals surface area contributed by atoms with Crippen LogP contribution >= 0.6 is 0 Å². The highest BCUT2D eigenvalue weighted by atomic mass is 16.5. The van der Waals surface area contributed by atoms with Gasteiger partial charge in [-0.15, -0.1) is 0 Å². The molecule has 0 aliphatic heterocycles. The second-order valence-electron chi connectivity index (χ2n) is 5.21. The number of carbonyl (C=O) groups excluding carboxylic acids is 1. The van der Waals surface area contributed by atoms with Crippen molar-refractivity contribution in [3.63, 3.8) is 0 Å². The number of nitrogens with zero attached hydrogens (tertiary/aromatic N) is 3. The van der Waals surface area contributed by atoms with Crippen molar-refractivity contribution in [1.29, 1.82) is 0 Å². The first-order chi connectivity index (χ1) is 10.8. The van der Waals surface area contributed by atoms with E-state index in [1.807, 2.05) is 12.1 Å².